The van der Waals surface area contributed by atoms with E-state index in [-0.39, 0.29) is 6.04 Å². The molecule has 0 aliphatic heterocycles. The molecule has 0 fully saturated rings. The van der Waals surface area contributed by atoms with Crippen LogP contribution in [0.5, 0.6) is 0 Å². The Hall–Kier alpha value is -0.860. The topological polar surface area (TPSA) is 46.2 Å². The van der Waals surface area contributed by atoms with Crippen LogP contribution in [0.3, 0.4) is 0 Å². The smallest absolute Gasteiger partial charge is 0.0650 e. The van der Waals surface area contributed by atoms with Crippen molar-refractivity contribution in [1.29, 1.82) is 0 Å². The van der Waals surface area contributed by atoms with Crippen molar-refractivity contribution in [3.8, 4) is 0 Å². The molecule has 1 aromatic carbocycles. The molecular formula is C19H33NO. The summed E-state index contributed by atoms with van der Waals surface area (Å²) in [5, 5.41) is 10.7. The molecule has 21 heavy (non-hydrogen) atoms. The number of hydrogen-bond acceptors (Lipinski definition) is 2. The van der Waals surface area contributed by atoms with Gasteiger partial charge in [0.1, 0.15) is 0 Å². The highest BCUT2D eigenvalue weighted by molar-refractivity contribution is 5.24. The summed E-state index contributed by atoms with van der Waals surface area (Å²) < 4.78 is 0. The highest BCUT2D eigenvalue weighted by atomic mass is 16.3. The van der Waals surface area contributed by atoms with Crippen molar-refractivity contribution in [2.75, 3.05) is 0 Å². The largest absolute Gasteiger partial charge is 0.390 e. The molecule has 1 unspecified atom stereocenters. The molecule has 1 aromatic rings. The summed E-state index contributed by atoms with van der Waals surface area (Å²) in [5.41, 5.74) is 8.04. The van der Waals surface area contributed by atoms with Crippen molar-refractivity contribution in [3.63, 3.8) is 0 Å². The second kappa shape index (κ2) is 9.22. The van der Waals surface area contributed by atoms with E-state index in [1.165, 1.54) is 11.1 Å². The Morgan fingerprint density at radius 2 is 1.62 bits per heavy atom. The molecule has 1 rings (SSSR count). The normalized spacial score (nSPS) is 13.4. The zero-order chi connectivity index (χ0) is 15.7. The van der Waals surface area contributed by atoms with Gasteiger partial charge in [-0.2, -0.15) is 0 Å². The Morgan fingerprint density at radius 3 is 2.14 bits per heavy atom. The van der Waals surface area contributed by atoms with Gasteiger partial charge in [0.2, 0.25) is 0 Å². The standard InChI is InChI=1S/C19H33NO/c1-4-12-19(21,13-5-2)14-11-18-8-6-7-17(15-18)10-9-16(3)20/h6-8,15-16,21H,4-5,9-14,20H2,1-3H3. The molecule has 1 atom stereocenters. The van der Waals surface area contributed by atoms with Gasteiger partial charge < -0.3 is 10.8 Å². The van der Waals surface area contributed by atoms with Crippen molar-refractivity contribution >= 4 is 0 Å². The zero-order valence-electron chi connectivity index (χ0n) is 14.1. The number of benzene rings is 1. The molecule has 0 spiro atoms. The molecule has 0 aromatic heterocycles. The van der Waals surface area contributed by atoms with E-state index in [1.54, 1.807) is 0 Å². The third-order valence-electron chi connectivity index (χ3n) is 4.19. The van der Waals surface area contributed by atoms with Crippen LogP contribution < -0.4 is 5.73 Å². The van der Waals surface area contributed by atoms with E-state index >= 15 is 0 Å². The van der Waals surface area contributed by atoms with E-state index in [2.05, 4.69) is 45.0 Å². The van der Waals surface area contributed by atoms with Gasteiger partial charge in [0.25, 0.3) is 0 Å². The highest BCUT2D eigenvalue weighted by Crippen LogP contribution is 2.25. The number of aryl methyl sites for hydroxylation is 2. The van der Waals surface area contributed by atoms with Gasteiger partial charge in [-0.05, 0) is 56.6 Å². The molecule has 0 amide bonds. The van der Waals surface area contributed by atoms with Crippen molar-refractivity contribution in [2.24, 2.45) is 5.73 Å². The predicted octanol–water partition coefficient (Wildman–Crippen LogP) is 4.23. The van der Waals surface area contributed by atoms with Crippen LogP contribution in [-0.2, 0) is 12.8 Å². The van der Waals surface area contributed by atoms with Crippen LogP contribution in [0.2, 0.25) is 0 Å². The first-order valence-electron chi connectivity index (χ1n) is 8.55. The van der Waals surface area contributed by atoms with Crippen molar-refractivity contribution in [3.05, 3.63) is 35.4 Å². The van der Waals surface area contributed by atoms with Gasteiger partial charge in [-0.1, -0.05) is 51.0 Å². The molecule has 2 nitrogen and oxygen atoms in total. The first-order chi connectivity index (χ1) is 9.99. The lowest BCUT2D eigenvalue weighted by Gasteiger charge is -2.27. The summed E-state index contributed by atoms with van der Waals surface area (Å²) in [6, 6.07) is 9.02. The van der Waals surface area contributed by atoms with Gasteiger partial charge in [-0.15, -0.1) is 0 Å². The summed E-state index contributed by atoms with van der Waals surface area (Å²) in [7, 11) is 0. The van der Waals surface area contributed by atoms with Gasteiger partial charge in [0, 0.05) is 6.04 Å². The first kappa shape index (κ1) is 18.2. The second-order valence-electron chi connectivity index (χ2n) is 6.56. The maximum Gasteiger partial charge on any atom is 0.0650 e. The molecule has 0 saturated heterocycles. The van der Waals surface area contributed by atoms with Crippen molar-refractivity contribution in [2.45, 2.75) is 83.8 Å². The molecule has 0 heterocycles. The lowest BCUT2D eigenvalue weighted by molar-refractivity contribution is 0.0132. The van der Waals surface area contributed by atoms with Crippen LogP contribution in [0.15, 0.2) is 24.3 Å². The van der Waals surface area contributed by atoms with Crippen LogP contribution in [0.1, 0.15) is 70.4 Å². The SMILES string of the molecule is CCCC(O)(CCC)CCc1cccc(CCC(C)N)c1. The molecule has 0 bridgehead atoms. The summed E-state index contributed by atoms with van der Waals surface area (Å²) >= 11 is 0. The van der Waals surface area contributed by atoms with Crippen molar-refractivity contribution < 1.29 is 5.11 Å². The quantitative estimate of drug-likeness (QED) is 0.677. The zero-order valence-corrected chi connectivity index (χ0v) is 14.1. The first-order valence-corrected chi connectivity index (χ1v) is 8.55. The Kier molecular flexibility index (Phi) is 7.98. The van der Waals surface area contributed by atoms with Crippen LogP contribution in [0, 0.1) is 0 Å². The Labute approximate surface area is 130 Å². The maximum atomic E-state index is 10.7. The Morgan fingerprint density at radius 1 is 1.05 bits per heavy atom. The Bertz CT molecular complexity index is 394. The van der Waals surface area contributed by atoms with E-state index in [9.17, 15) is 5.11 Å². The second-order valence-corrected chi connectivity index (χ2v) is 6.56. The Balaban J connectivity index is 2.59. The molecule has 0 radical (unpaired) electrons. The van der Waals surface area contributed by atoms with E-state index in [0.717, 1.165) is 51.4 Å². The molecule has 0 saturated carbocycles. The molecule has 3 N–H and O–H groups in total. The molecular weight excluding hydrogens is 258 g/mol. The van der Waals surface area contributed by atoms with Crippen LogP contribution >= 0.6 is 0 Å². The van der Waals surface area contributed by atoms with Gasteiger partial charge in [0.15, 0.2) is 0 Å². The molecule has 0 aliphatic carbocycles. The average molecular weight is 291 g/mol. The number of rotatable bonds is 10. The minimum absolute atomic E-state index is 0.257. The number of nitrogens with two attached hydrogens (primary N) is 1. The van der Waals surface area contributed by atoms with Gasteiger partial charge in [0.05, 0.1) is 5.60 Å². The fraction of sp³-hybridized carbons (Fsp3) is 0.684. The summed E-state index contributed by atoms with van der Waals surface area (Å²) in [5.74, 6) is 0. The summed E-state index contributed by atoms with van der Waals surface area (Å²) in [6.45, 7) is 6.35. The molecule has 120 valence electrons. The fourth-order valence-corrected chi connectivity index (χ4v) is 3.02. The lowest BCUT2D eigenvalue weighted by Crippen LogP contribution is -2.28. The number of hydrogen-bond donors (Lipinski definition) is 2. The van der Waals surface area contributed by atoms with Crippen LogP contribution in [0.25, 0.3) is 0 Å². The lowest BCUT2D eigenvalue weighted by atomic mass is 9.86. The molecule has 2 heteroatoms. The number of aliphatic hydroxyl groups is 1. The summed E-state index contributed by atoms with van der Waals surface area (Å²) in [6.07, 6.45) is 7.80. The monoisotopic (exact) mass is 291 g/mol. The van der Waals surface area contributed by atoms with E-state index in [1.807, 2.05) is 0 Å². The third-order valence-corrected chi connectivity index (χ3v) is 4.19. The van der Waals surface area contributed by atoms with E-state index in [4.69, 9.17) is 5.73 Å². The minimum atomic E-state index is -0.481. The van der Waals surface area contributed by atoms with Crippen LogP contribution in [-0.4, -0.2) is 16.7 Å². The highest BCUT2D eigenvalue weighted by Gasteiger charge is 2.24. The van der Waals surface area contributed by atoms with Gasteiger partial charge >= 0.3 is 0 Å². The third kappa shape index (κ3) is 7.10. The predicted molar refractivity (Wildman–Crippen MR) is 91.5 cm³/mol. The van der Waals surface area contributed by atoms with Gasteiger partial charge in [-0.3, -0.25) is 0 Å². The van der Waals surface area contributed by atoms with Crippen molar-refractivity contribution in [1.82, 2.24) is 0 Å². The molecule has 0 aliphatic rings. The minimum Gasteiger partial charge on any atom is -0.390 e. The van der Waals surface area contributed by atoms with E-state index < -0.39 is 5.60 Å². The van der Waals surface area contributed by atoms with Crippen LogP contribution in [0.4, 0.5) is 0 Å². The average Bonchev–Trinajstić information content (AvgIpc) is 2.44. The fourth-order valence-electron chi connectivity index (χ4n) is 3.02. The maximum absolute atomic E-state index is 10.7. The summed E-state index contributed by atoms with van der Waals surface area (Å²) in [4.78, 5) is 0. The van der Waals surface area contributed by atoms with Gasteiger partial charge in [-0.25, -0.2) is 0 Å². The van der Waals surface area contributed by atoms with E-state index in [0.29, 0.717) is 0 Å².